The van der Waals surface area contributed by atoms with E-state index in [4.69, 9.17) is 0 Å². The van der Waals surface area contributed by atoms with Crippen LogP contribution in [-0.4, -0.2) is 30.5 Å². The van der Waals surface area contributed by atoms with Gasteiger partial charge in [0.05, 0.1) is 17.4 Å². The van der Waals surface area contributed by atoms with Crippen molar-refractivity contribution in [2.75, 3.05) is 25.3 Å². The van der Waals surface area contributed by atoms with Gasteiger partial charge in [0.2, 0.25) is 0 Å². The van der Waals surface area contributed by atoms with E-state index in [0.29, 0.717) is 0 Å². The molecular formula is C10H13N3S. The number of rotatable bonds is 2. The predicted octanol–water partition coefficient (Wildman–Crippen LogP) is 2.35. The second kappa shape index (κ2) is 3.53. The van der Waals surface area contributed by atoms with E-state index in [1.165, 1.54) is 16.0 Å². The first kappa shape index (κ1) is 9.40. The molecule has 1 heterocycles. The largest absolute Gasteiger partial charge is 0.376 e. The quantitative estimate of drug-likeness (QED) is 0.767. The zero-order chi connectivity index (χ0) is 10.1. The second-order valence-corrected chi connectivity index (χ2v) is 4.25. The number of hydrogen-bond acceptors (Lipinski definition) is 3. The van der Waals surface area contributed by atoms with Gasteiger partial charge in [0.25, 0.3) is 0 Å². The zero-order valence-corrected chi connectivity index (χ0v) is 9.35. The molecule has 0 aliphatic heterocycles. The third-order valence-corrected chi connectivity index (χ3v) is 2.93. The SMILES string of the molecule is CSc1cc(N(C)C)c2[nH]ncc2c1. The summed E-state index contributed by atoms with van der Waals surface area (Å²) < 4.78 is 0. The summed E-state index contributed by atoms with van der Waals surface area (Å²) in [5.74, 6) is 0. The second-order valence-electron chi connectivity index (χ2n) is 3.38. The molecule has 0 saturated carbocycles. The van der Waals surface area contributed by atoms with Gasteiger partial charge < -0.3 is 4.90 Å². The maximum absolute atomic E-state index is 4.06. The minimum absolute atomic E-state index is 1.10. The van der Waals surface area contributed by atoms with Crippen LogP contribution in [0.25, 0.3) is 10.9 Å². The van der Waals surface area contributed by atoms with Crippen molar-refractivity contribution < 1.29 is 0 Å². The van der Waals surface area contributed by atoms with Gasteiger partial charge in [-0.15, -0.1) is 11.8 Å². The number of H-pyrrole nitrogens is 1. The van der Waals surface area contributed by atoms with E-state index in [0.717, 1.165) is 5.52 Å². The average molecular weight is 207 g/mol. The maximum atomic E-state index is 4.06. The van der Waals surface area contributed by atoms with Crippen molar-refractivity contribution in [1.82, 2.24) is 10.2 Å². The van der Waals surface area contributed by atoms with Crippen LogP contribution in [-0.2, 0) is 0 Å². The fourth-order valence-corrected chi connectivity index (χ4v) is 1.96. The van der Waals surface area contributed by atoms with Crippen LogP contribution in [0.4, 0.5) is 5.69 Å². The molecule has 2 rings (SSSR count). The van der Waals surface area contributed by atoms with Crippen molar-refractivity contribution >= 4 is 28.4 Å². The number of hydrogen-bond donors (Lipinski definition) is 1. The molecular weight excluding hydrogens is 194 g/mol. The van der Waals surface area contributed by atoms with Gasteiger partial charge in [-0.3, -0.25) is 5.10 Å². The molecule has 0 spiro atoms. The number of nitrogens with one attached hydrogen (secondary N) is 1. The third-order valence-electron chi connectivity index (χ3n) is 2.22. The first-order chi connectivity index (χ1) is 6.72. The van der Waals surface area contributed by atoms with E-state index in [9.17, 15) is 0 Å². The van der Waals surface area contributed by atoms with Crippen LogP contribution < -0.4 is 4.90 Å². The van der Waals surface area contributed by atoms with E-state index < -0.39 is 0 Å². The molecule has 0 aliphatic rings. The van der Waals surface area contributed by atoms with Crippen LogP contribution in [0.3, 0.4) is 0 Å². The lowest BCUT2D eigenvalue weighted by Crippen LogP contribution is -2.09. The smallest absolute Gasteiger partial charge is 0.0884 e. The fourth-order valence-electron chi connectivity index (χ4n) is 1.48. The standard InChI is InChI=1S/C10H13N3S/c1-13(2)9-5-8(14-3)4-7-6-11-12-10(7)9/h4-6H,1-3H3,(H,11,12). The number of anilines is 1. The molecule has 0 atom stereocenters. The Labute approximate surface area is 87.5 Å². The Morgan fingerprint density at radius 2 is 2.14 bits per heavy atom. The average Bonchev–Trinajstić information content (AvgIpc) is 2.63. The molecule has 3 nitrogen and oxygen atoms in total. The number of fused-ring (bicyclic) bond motifs is 1. The summed E-state index contributed by atoms with van der Waals surface area (Å²) in [6.07, 6.45) is 3.95. The van der Waals surface area contributed by atoms with Gasteiger partial charge in [0, 0.05) is 24.4 Å². The van der Waals surface area contributed by atoms with E-state index in [1.54, 1.807) is 11.8 Å². The van der Waals surface area contributed by atoms with Crippen LogP contribution in [0.2, 0.25) is 0 Å². The molecule has 1 aromatic carbocycles. The number of benzene rings is 1. The summed E-state index contributed by atoms with van der Waals surface area (Å²) in [4.78, 5) is 3.36. The van der Waals surface area contributed by atoms with Crippen molar-refractivity contribution in [3.05, 3.63) is 18.3 Å². The van der Waals surface area contributed by atoms with Crippen molar-refractivity contribution in [1.29, 1.82) is 0 Å². The fraction of sp³-hybridized carbons (Fsp3) is 0.300. The first-order valence-electron chi connectivity index (χ1n) is 4.41. The van der Waals surface area contributed by atoms with Gasteiger partial charge in [-0.1, -0.05) is 0 Å². The monoisotopic (exact) mass is 207 g/mol. The molecule has 1 N–H and O–H groups in total. The lowest BCUT2D eigenvalue weighted by Gasteiger charge is -2.14. The normalized spacial score (nSPS) is 10.8. The van der Waals surface area contributed by atoms with Gasteiger partial charge in [0.15, 0.2) is 0 Å². The Hall–Kier alpha value is -1.16. The highest BCUT2D eigenvalue weighted by atomic mass is 32.2. The molecule has 0 bridgehead atoms. The van der Waals surface area contributed by atoms with Gasteiger partial charge >= 0.3 is 0 Å². The van der Waals surface area contributed by atoms with Gasteiger partial charge in [0.1, 0.15) is 0 Å². The van der Waals surface area contributed by atoms with Crippen molar-refractivity contribution in [3.63, 3.8) is 0 Å². The molecule has 0 aliphatic carbocycles. The first-order valence-corrected chi connectivity index (χ1v) is 5.63. The maximum Gasteiger partial charge on any atom is 0.0884 e. The highest BCUT2D eigenvalue weighted by Gasteiger charge is 2.06. The lowest BCUT2D eigenvalue weighted by molar-refractivity contribution is 1.09. The Balaban J connectivity index is 2.70. The topological polar surface area (TPSA) is 31.9 Å². The van der Waals surface area contributed by atoms with Crippen molar-refractivity contribution in [3.8, 4) is 0 Å². The van der Waals surface area contributed by atoms with Gasteiger partial charge in [-0.05, 0) is 18.4 Å². The number of aromatic amines is 1. The Kier molecular flexibility index (Phi) is 2.37. The minimum atomic E-state index is 1.10. The Morgan fingerprint density at radius 1 is 1.36 bits per heavy atom. The molecule has 74 valence electrons. The van der Waals surface area contributed by atoms with Crippen LogP contribution in [0, 0.1) is 0 Å². The lowest BCUT2D eigenvalue weighted by atomic mass is 10.2. The predicted molar refractivity (Wildman–Crippen MR) is 62.2 cm³/mol. The Morgan fingerprint density at radius 3 is 2.79 bits per heavy atom. The minimum Gasteiger partial charge on any atom is -0.376 e. The van der Waals surface area contributed by atoms with E-state index in [-0.39, 0.29) is 0 Å². The van der Waals surface area contributed by atoms with Crippen molar-refractivity contribution in [2.45, 2.75) is 4.90 Å². The molecule has 14 heavy (non-hydrogen) atoms. The van der Waals surface area contributed by atoms with Crippen molar-refractivity contribution in [2.24, 2.45) is 0 Å². The summed E-state index contributed by atoms with van der Waals surface area (Å²) >= 11 is 1.75. The molecule has 4 heteroatoms. The van der Waals surface area contributed by atoms with E-state index in [1.807, 2.05) is 20.3 Å². The Bertz CT molecular complexity index is 448. The summed E-state index contributed by atoms with van der Waals surface area (Å²) in [6.45, 7) is 0. The molecule has 0 fully saturated rings. The van der Waals surface area contributed by atoms with Crippen LogP contribution in [0.5, 0.6) is 0 Å². The molecule has 1 aromatic heterocycles. The number of aromatic nitrogens is 2. The zero-order valence-electron chi connectivity index (χ0n) is 8.53. The third kappa shape index (κ3) is 1.46. The molecule has 2 aromatic rings. The summed E-state index contributed by atoms with van der Waals surface area (Å²) in [5.41, 5.74) is 2.29. The summed E-state index contributed by atoms with van der Waals surface area (Å²) in [7, 11) is 4.08. The van der Waals surface area contributed by atoms with Gasteiger partial charge in [-0.25, -0.2) is 0 Å². The van der Waals surface area contributed by atoms with Crippen LogP contribution in [0.1, 0.15) is 0 Å². The molecule has 0 radical (unpaired) electrons. The van der Waals surface area contributed by atoms with Gasteiger partial charge in [-0.2, -0.15) is 5.10 Å². The summed E-state index contributed by atoms with van der Waals surface area (Å²) in [6, 6.07) is 4.32. The van der Waals surface area contributed by atoms with Crippen LogP contribution >= 0.6 is 11.8 Å². The summed E-state index contributed by atoms with van der Waals surface area (Å²) in [5, 5.41) is 8.25. The van der Waals surface area contributed by atoms with E-state index >= 15 is 0 Å². The van der Waals surface area contributed by atoms with Crippen LogP contribution in [0.15, 0.2) is 23.2 Å². The van der Waals surface area contributed by atoms with E-state index in [2.05, 4.69) is 33.5 Å². The molecule has 0 unspecified atom stereocenters. The molecule has 0 saturated heterocycles. The number of nitrogens with zero attached hydrogens (tertiary/aromatic N) is 2. The number of thioether (sulfide) groups is 1. The molecule has 0 amide bonds. The highest BCUT2D eigenvalue weighted by molar-refractivity contribution is 7.98. The highest BCUT2D eigenvalue weighted by Crippen LogP contribution is 2.29.